The van der Waals surface area contributed by atoms with Crippen LogP contribution in [0.2, 0.25) is 0 Å². The molecule has 178 valence electrons. The van der Waals surface area contributed by atoms with E-state index in [0.29, 0.717) is 16.8 Å². The Balaban J connectivity index is 1.51. The van der Waals surface area contributed by atoms with Crippen LogP contribution in [0, 0.1) is 0 Å². The number of alkyl halides is 3. The fraction of sp³-hybridized carbons (Fsp3) is 0.273. The van der Waals surface area contributed by atoms with Crippen molar-refractivity contribution in [3.63, 3.8) is 0 Å². The van der Waals surface area contributed by atoms with E-state index < -0.39 is 18.2 Å². The lowest BCUT2D eigenvalue weighted by atomic mass is 10.1. The first-order chi connectivity index (χ1) is 16.2. The molecule has 2 heterocycles. The number of hydrogen-bond donors (Lipinski definition) is 0. The van der Waals surface area contributed by atoms with Gasteiger partial charge < -0.3 is 24.1 Å². The highest BCUT2D eigenvalue weighted by atomic mass is 19.4. The van der Waals surface area contributed by atoms with Crippen molar-refractivity contribution in [1.82, 2.24) is 20.0 Å². The van der Waals surface area contributed by atoms with E-state index in [2.05, 4.69) is 10.2 Å². The molecule has 12 heteroatoms. The van der Waals surface area contributed by atoms with Crippen LogP contribution in [0.25, 0.3) is 11.5 Å². The second kappa shape index (κ2) is 9.41. The SMILES string of the molecule is O=C([O-])N1CCN(C(=O)N(Cc2ccc(-c3nnc(C(F)(F)F)o3)cc2)c2ccccc2)CC1. The molecule has 0 bridgehead atoms. The number of carboxylic acid groups (broad SMARTS) is 1. The third kappa shape index (κ3) is 5.11. The van der Waals surface area contributed by atoms with Crippen LogP contribution >= 0.6 is 0 Å². The molecule has 4 rings (SSSR count). The lowest BCUT2D eigenvalue weighted by Gasteiger charge is -2.38. The van der Waals surface area contributed by atoms with Gasteiger partial charge in [0.15, 0.2) is 0 Å². The van der Waals surface area contributed by atoms with Crippen molar-refractivity contribution in [2.45, 2.75) is 12.7 Å². The van der Waals surface area contributed by atoms with Gasteiger partial charge >= 0.3 is 18.1 Å². The number of urea groups is 1. The summed E-state index contributed by atoms with van der Waals surface area (Å²) >= 11 is 0. The summed E-state index contributed by atoms with van der Waals surface area (Å²) < 4.78 is 42.8. The number of benzene rings is 2. The number of carbonyl (C=O) groups is 2. The fourth-order valence-corrected chi connectivity index (χ4v) is 3.52. The van der Waals surface area contributed by atoms with Crippen molar-refractivity contribution < 1.29 is 32.3 Å². The third-order valence-corrected chi connectivity index (χ3v) is 5.32. The Bertz CT molecular complexity index is 1140. The zero-order valence-corrected chi connectivity index (χ0v) is 17.7. The molecule has 3 aromatic rings. The number of hydrogen-bond acceptors (Lipinski definition) is 6. The topological polar surface area (TPSA) is 106 Å². The average Bonchev–Trinajstić information content (AvgIpc) is 3.34. The highest BCUT2D eigenvalue weighted by Gasteiger charge is 2.38. The molecule has 1 fully saturated rings. The van der Waals surface area contributed by atoms with Crippen LogP contribution in [0.5, 0.6) is 0 Å². The van der Waals surface area contributed by atoms with E-state index >= 15 is 0 Å². The van der Waals surface area contributed by atoms with Crippen LogP contribution in [0.4, 0.5) is 28.4 Å². The summed E-state index contributed by atoms with van der Waals surface area (Å²) in [6, 6.07) is 15.1. The Morgan fingerprint density at radius 2 is 1.56 bits per heavy atom. The molecule has 0 unspecified atom stereocenters. The number of piperazine rings is 1. The predicted octanol–water partition coefficient (Wildman–Crippen LogP) is 2.84. The third-order valence-electron chi connectivity index (χ3n) is 5.32. The molecule has 0 saturated carbocycles. The van der Waals surface area contributed by atoms with Gasteiger partial charge in [-0.05, 0) is 29.8 Å². The Kier molecular flexibility index (Phi) is 6.39. The minimum Gasteiger partial charge on any atom is -0.530 e. The van der Waals surface area contributed by atoms with Crippen LogP contribution in [-0.4, -0.2) is 58.3 Å². The minimum absolute atomic E-state index is 0.162. The number of anilines is 1. The van der Waals surface area contributed by atoms with E-state index in [4.69, 9.17) is 4.42 Å². The quantitative estimate of drug-likeness (QED) is 0.576. The number of para-hydroxylation sites is 1. The number of rotatable bonds is 4. The molecule has 0 atom stereocenters. The first kappa shape index (κ1) is 23.1. The fourth-order valence-electron chi connectivity index (χ4n) is 3.52. The molecule has 1 aliphatic rings. The van der Waals surface area contributed by atoms with Gasteiger partial charge in [-0.15, -0.1) is 10.2 Å². The van der Waals surface area contributed by atoms with Crippen molar-refractivity contribution in [1.29, 1.82) is 0 Å². The number of nitrogens with zero attached hydrogens (tertiary/aromatic N) is 5. The zero-order valence-electron chi connectivity index (χ0n) is 17.7. The van der Waals surface area contributed by atoms with Crippen LogP contribution < -0.4 is 10.0 Å². The Hall–Kier alpha value is -4.09. The van der Waals surface area contributed by atoms with E-state index in [0.717, 1.165) is 4.90 Å². The summed E-state index contributed by atoms with van der Waals surface area (Å²) in [6.45, 7) is 0.966. The molecule has 2 aromatic carbocycles. The number of amides is 3. The minimum atomic E-state index is -4.73. The van der Waals surface area contributed by atoms with E-state index in [1.165, 1.54) is 12.1 Å². The first-order valence-electron chi connectivity index (χ1n) is 10.3. The van der Waals surface area contributed by atoms with E-state index in [9.17, 15) is 27.9 Å². The van der Waals surface area contributed by atoms with Gasteiger partial charge in [0.05, 0.1) is 6.54 Å². The molecule has 1 aromatic heterocycles. The van der Waals surface area contributed by atoms with Gasteiger partial charge in [0.1, 0.15) is 6.09 Å². The molecular weight excluding hydrogens is 455 g/mol. The highest BCUT2D eigenvalue weighted by molar-refractivity contribution is 5.92. The second-order valence-corrected chi connectivity index (χ2v) is 7.55. The van der Waals surface area contributed by atoms with Gasteiger partial charge in [-0.3, -0.25) is 4.90 Å². The van der Waals surface area contributed by atoms with Crippen molar-refractivity contribution in [3.05, 3.63) is 66.1 Å². The molecule has 34 heavy (non-hydrogen) atoms. The van der Waals surface area contributed by atoms with Crippen LogP contribution in [0.1, 0.15) is 11.5 Å². The zero-order chi connectivity index (χ0) is 24.3. The van der Waals surface area contributed by atoms with Crippen LogP contribution in [0.15, 0.2) is 59.0 Å². The first-order valence-corrected chi connectivity index (χ1v) is 10.3. The smallest absolute Gasteiger partial charge is 0.470 e. The van der Waals surface area contributed by atoms with Crippen LogP contribution in [0.3, 0.4) is 0 Å². The van der Waals surface area contributed by atoms with E-state index in [1.807, 2.05) is 6.07 Å². The summed E-state index contributed by atoms with van der Waals surface area (Å²) in [5.74, 6) is -1.69. The van der Waals surface area contributed by atoms with Crippen molar-refractivity contribution in [2.24, 2.45) is 0 Å². The van der Waals surface area contributed by atoms with Crippen molar-refractivity contribution >= 4 is 17.8 Å². The number of aromatic nitrogens is 2. The lowest BCUT2D eigenvalue weighted by Crippen LogP contribution is -2.56. The summed E-state index contributed by atoms with van der Waals surface area (Å²) in [5, 5.41) is 17.5. The molecule has 0 spiro atoms. The number of carbonyl (C=O) groups excluding carboxylic acids is 2. The van der Waals surface area contributed by atoms with Crippen molar-refractivity contribution in [2.75, 3.05) is 31.1 Å². The molecule has 0 aliphatic carbocycles. The van der Waals surface area contributed by atoms with Crippen molar-refractivity contribution in [3.8, 4) is 11.5 Å². The number of halogens is 3. The summed E-state index contributed by atoms with van der Waals surface area (Å²) in [6.07, 6.45) is -6.00. The maximum atomic E-state index is 13.3. The normalized spacial score (nSPS) is 14.2. The Morgan fingerprint density at radius 1 is 0.941 bits per heavy atom. The molecule has 1 aliphatic heterocycles. The molecular formula is C22H19F3N5O4-. The Labute approximate surface area is 192 Å². The van der Waals surface area contributed by atoms with Gasteiger partial charge in [-0.2, -0.15) is 13.2 Å². The second-order valence-electron chi connectivity index (χ2n) is 7.55. The summed E-state index contributed by atoms with van der Waals surface area (Å²) in [4.78, 5) is 28.6. The molecule has 9 nitrogen and oxygen atoms in total. The molecule has 0 N–H and O–H groups in total. The molecule has 3 amide bonds. The van der Waals surface area contributed by atoms with Gasteiger partial charge in [-0.1, -0.05) is 30.3 Å². The standard InChI is InChI=1S/C22H20F3N5O4/c23-22(24,25)19-27-26-18(34-19)16-8-6-15(7-9-16)14-30(17-4-2-1-3-5-17)20(31)28-10-12-29(13-11-28)21(32)33/h1-9H,10-14H2,(H,32,33)/p-1. The van der Waals surface area contributed by atoms with E-state index in [-0.39, 0.29) is 44.6 Å². The van der Waals surface area contributed by atoms with Gasteiger partial charge in [-0.25, -0.2) is 4.79 Å². The highest BCUT2D eigenvalue weighted by Crippen LogP contribution is 2.30. The maximum Gasteiger partial charge on any atom is 0.470 e. The predicted molar refractivity (Wildman–Crippen MR) is 111 cm³/mol. The summed E-state index contributed by atoms with van der Waals surface area (Å²) in [5.41, 5.74) is 1.67. The van der Waals surface area contributed by atoms with Gasteiger partial charge in [0.2, 0.25) is 5.89 Å². The monoisotopic (exact) mass is 474 g/mol. The van der Waals surface area contributed by atoms with Gasteiger partial charge in [0, 0.05) is 37.4 Å². The van der Waals surface area contributed by atoms with Crippen LogP contribution in [-0.2, 0) is 12.7 Å². The average molecular weight is 474 g/mol. The molecule has 1 saturated heterocycles. The van der Waals surface area contributed by atoms with E-state index in [1.54, 1.807) is 46.2 Å². The molecule has 0 radical (unpaired) electrons. The Morgan fingerprint density at radius 3 is 2.12 bits per heavy atom. The largest absolute Gasteiger partial charge is 0.530 e. The lowest BCUT2D eigenvalue weighted by molar-refractivity contribution is -0.266. The summed E-state index contributed by atoms with van der Waals surface area (Å²) in [7, 11) is 0. The maximum absolute atomic E-state index is 13.3. The van der Waals surface area contributed by atoms with Gasteiger partial charge in [0.25, 0.3) is 0 Å².